The van der Waals surface area contributed by atoms with Gasteiger partial charge >= 0.3 is 0 Å². The zero-order valence-corrected chi connectivity index (χ0v) is 13.8. The molecular formula is C18H19N5O2. The molecule has 0 fully saturated rings. The van der Waals surface area contributed by atoms with Crippen LogP contribution in [0.25, 0.3) is 11.4 Å². The van der Waals surface area contributed by atoms with Crippen molar-refractivity contribution in [1.29, 1.82) is 0 Å². The van der Waals surface area contributed by atoms with Crippen molar-refractivity contribution < 1.29 is 9.90 Å². The first kappa shape index (κ1) is 16.8. The first-order valence-corrected chi connectivity index (χ1v) is 8.03. The number of nitrogens with zero attached hydrogens (tertiary/aromatic N) is 4. The van der Waals surface area contributed by atoms with E-state index >= 15 is 0 Å². The van der Waals surface area contributed by atoms with Crippen LogP contribution in [0.15, 0.2) is 54.6 Å². The normalized spacial score (nSPS) is 11.9. The van der Waals surface area contributed by atoms with Gasteiger partial charge in [0, 0.05) is 17.9 Å². The average molecular weight is 337 g/mol. The molecule has 25 heavy (non-hydrogen) atoms. The Labute approximate surface area is 145 Å². The standard InChI is InChI=1S/C18H19N5O2/c1-13(18(25)19-16-9-7-14(8-10-16)11-12-24)23-21-17(20-22-23)15-5-3-2-4-6-15/h2-10,13,24H,11-12H2,1H3,(H,19,25). The third kappa shape index (κ3) is 4.07. The topological polar surface area (TPSA) is 92.9 Å². The summed E-state index contributed by atoms with van der Waals surface area (Å²) in [5, 5.41) is 24.0. The molecule has 2 aromatic carbocycles. The molecule has 3 rings (SSSR count). The summed E-state index contributed by atoms with van der Waals surface area (Å²) >= 11 is 0. The van der Waals surface area contributed by atoms with Crippen molar-refractivity contribution in [3.63, 3.8) is 0 Å². The van der Waals surface area contributed by atoms with E-state index in [1.54, 1.807) is 19.1 Å². The Morgan fingerprint density at radius 3 is 2.56 bits per heavy atom. The first-order chi connectivity index (χ1) is 12.2. The van der Waals surface area contributed by atoms with E-state index in [1.165, 1.54) is 4.80 Å². The van der Waals surface area contributed by atoms with Gasteiger partial charge in [-0.1, -0.05) is 42.5 Å². The number of hydrogen-bond donors (Lipinski definition) is 2. The number of anilines is 1. The smallest absolute Gasteiger partial charge is 0.250 e. The molecule has 0 saturated carbocycles. The van der Waals surface area contributed by atoms with Crippen molar-refractivity contribution in [3.05, 3.63) is 60.2 Å². The van der Waals surface area contributed by atoms with Crippen LogP contribution in [0, 0.1) is 0 Å². The molecule has 0 aliphatic heterocycles. The van der Waals surface area contributed by atoms with Gasteiger partial charge in [0.15, 0.2) is 0 Å². The van der Waals surface area contributed by atoms with E-state index in [1.807, 2.05) is 42.5 Å². The second-order valence-electron chi connectivity index (χ2n) is 5.64. The Bertz CT molecular complexity index is 830. The van der Waals surface area contributed by atoms with Gasteiger partial charge in [-0.05, 0) is 36.3 Å². The minimum Gasteiger partial charge on any atom is -0.396 e. The lowest BCUT2D eigenvalue weighted by Crippen LogP contribution is -2.25. The van der Waals surface area contributed by atoms with Gasteiger partial charge in [0.1, 0.15) is 6.04 Å². The zero-order chi connectivity index (χ0) is 17.6. The summed E-state index contributed by atoms with van der Waals surface area (Å²) in [5.74, 6) is 0.250. The van der Waals surface area contributed by atoms with Gasteiger partial charge in [-0.3, -0.25) is 4.79 Å². The van der Waals surface area contributed by atoms with Crippen molar-refractivity contribution in [2.24, 2.45) is 0 Å². The van der Waals surface area contributed by atoms with Crippen LogP contribution >= 0.6 is 0 Å². The Morgan fingerprint density at radius 2 is 1.88 bits per heavy atom. The summed E-state index contributed by atoms with van der Waals surface area (Å²) < 4.78 is 0. The maximum Gasteiger partial charge on any atom is 0.250 e. The van der Waals surface area contributed by atoms with Crippen molar-refractivity contribution in [3.8, 4) is 11.4 Å². The fourth-order valence-corrected chi connectivity index (χ4v) is 2.33. The van der Waals surface area contributed by atoms with E-state index in [-0.39, 0.29) is 12.5 Å². The molecule has 0 radical (unpaired) electrons. The maximum absolute atomic E-state index is 12.4. The fourth-order valence-electron chi connectivity index (χ4n) is 2.33. The fraction of sp³-hybridized carbons (Fsp3) is 0.222. The molecule has 0 saturated heterocycles. The van der Waals surface area contributed by atoms with E-state index in [4.69, 9.17) is 5.11 Å². The number of aromatic nitrogens is 4. The molecule has 2 N–H and O–H groups in total. The predicted octanol–water partition coefficient (Wildman–Crippen LogP) is 2.07. The Kier molecular flexibility index (Phi) is 5.15. The van der Waals surface area contributed by atoms with Crippen molar-refractivity contribution in [1.82, 2.24) is 20.2 Å². The highest BCUT2D eigenvalue weighted by Crippen LogP contribution is 2.15. The van der Waals surface area contributed by atoms with Gasteiger partial charge in [0.25, 0.3) is 5.91 Å². The summed E-state index contributed by atoms with van der Waals surface area (Å²) in [6, 6.07) is 16.2. The van der Waals surface area contributed by atoms with Crippen LogP contribution in [0.4, 0.5) is 5.69 Å². The molecule has 7 heteroatoms. The van der Waals surface area contributed by atoms with Crippen LogP contribution in [0.2, 0.25) is 0 Å². The molecule has 1 aromatic heterocycles. The van der Waals surface area contributed by atoms with Crippen molar-refractivity contribution >= 4 is 11.6 Å². The second-order valence-corrected chi connectivity index (χ2v) is 5.64. The minimum absolute atomic E-state index is 0.102. The SMILES string of the molecule is CC(C(=O)Nc1ccc(CCO)cc1)n1nnc(-c2ccccc2)n1. The quantitative estimate of drug-likeness (QED) is 0.718. The van der Waals surface area contributed by atoms with E-state index in [0.717, 1.165) is 11.1 Å². The van der Waals surface area contributed by atoms with E-state index in [2.05, 4.69) is 20.7 Å². The minimum atomic E-state index is -0.595. The summed E-state index contributed by atoms with van der Waals surface area (Å²) in [7, 11) is 0. The van der Waals surface area contributed by atoms with Crippen molar-refractivity contribution in [2.45, 2.75) is 19.4 Å². The largest absolute Gasteiger partial charge is 0.396 e. The number of nitrogens with one attached hydrogen (secondary N) is 1. The van der Waals surface area contributed by atoms with Crippen LogP contribution in [0.3, 0.4) is 0 Å². The predicted molar refractivity (Wildman–Crippen MR) is 93.8 cm³/mol. The van der Waals surface area contributed by atoms with E-state index in [0.29, 0.717) is 17.9 Å². The summed E-state index contributed by atoms with van der Waals surface area (Å²) in [6.07, 6.45) is 0.593. The van der Waals surface area contributed by atoms with Gasteiger partial charge in [-0.2, -0.15) is 4.80 Å². The van der Waals surface area contributed by atoms with Crippen molar-refractivity contribution in [2.75, 3.05) is 11.9 Å². The molecule has 0 bridgehead atoms. The van der Waals surface area contributed by atoms with E-state index in [9.17, 15) is 4.79 Å². The number of aliphatic hydroxyl groups is 1. The van der Waals surface area contributed by atoms with Crippen LogP contribution in [-0.4, -0.2) is 37.8 Å². The number of aliphatic hydroxyl groups excluding tert-OH is 1. The number of benzene rings is 2. The lowest BCUT2D eigenvalue weighted by molar-refractivity contribution is -0.119. The molecular weight excluding hydrogens is 318 g/mol. The molecule has 0 aliphatic carbocycles. The highest BCUT2D eigenvalue weighted by Gasteiger charge is 2.18. The Morgan fingerprint density at radius 1 is 1.16 bits per heavy atom. The summed E-state index contributed by atoms with van der Waals surface area (Å²) in [5.41, 5.74) is 2.54. The van der Waals surface area contributed by atoms with Crippen LogP contribution in [-0.2, 0) is 11.2 Å². The molecule has 128 valence electrons. The molecule has 1 atom stereocenters. The van der Waals surface area contributed by atoms with Crippen LogP contribution < -0.4 is 5.32 Å². The van der Waals surface area contributed by atoms with Crippen LogP contribution in [0.5, 0.6) is 0 Å². The van der Waals surface area contributed by atoms with Crippen LogP contribution in [0.1, 0.15) is 18.5 Å². The second kappa shape index (κ2) is 7.67. The number of tetrazole rings is 1. The number of hydrogen-bond acceptors (Lipinski definition) is 5. The highest BCUT2D eigenvalue weighted by atomic mass is 16.3. The highest BCUT2D eigenvalue weighted by molar-refractivity contribution is 5.93. The maximum atomic E-state index is 12.4. The molecule has 1 unspecified atom stereocenters. The third-order valence-electron chi connectivity index (χ3n) is 3.81. The lowest BCUT2D eigenvalue weighted by Gasteiger charge is -2.11. The molecule has 3 aromatic rings. The monoisotopic (exact) mass is 337 g/mol. The van der Waals surface area contributed by atoms with Gasteiger partial charge in [0.05, 0.1) is 0 Å². The Hall–Kier alpha value is -3.06. The van der Waals surface area contributed by atoms with Gasteiger partial charge in [0.2, 0.25) is 5.82 Å². The van der Waals surface area contributed by atoms with Gasteiger partial charge < -0.3 is 10.4 Å². The molecule has 0 aliphatic rings. The average Bonchev–Trinajstić information content (AvgIpc) is 3.14. The zero-order valence-electron chi connectivity index (χ0n) is 13.8. The molecule has 1 heterocycles. The lowest BCUT2D eigenvalue weighted by atomic mass is 10.1. The number of amides is 1. The number of carbonyl (C=O) groups excluding carboxylic acids is 1. The molecule has 0 spiro atoms. The Balaban J connectivity index is 1.67. The first-order valence-electron chi connectivity index (χ1n) is 8.03. The van der Waals surface area contributed by atoms with E-state index < -0.39 is 6.04 Å². The van der Waals surface area contributed by atoms with Gasteiger partial charge in [-0.15, -0.1) is 10.2 Å². The van der Waals surface area contributed by atoms with Gasteiger partial charge in [-0.25, -0.2) is 0 Å². The molecule has 7 nitrogen and oxygen atoms in total. The number of carbonyl (C=O) groups is 1. The summed E-state index contributed by atoms with van der Waals surface area (Å²) in [6.45, 7) is 1.82. The summed E-state index contributed by atoms with van der Waals surface area (Å²) in [4.78, 5) is 13.7. The molecule has 1 amide bonds. The third-order valence-corrected chi connectivity index (χ3v) is 3.81. The number of rotatable bonds is 6.